The Balaban J connectivity index is 2.48. The van der Waals surface area contributed by atoms with Gasteiger partial charge in [-0.15, -0.1) is 0 Å². The number of para-hydroxylation sites is 1. The van der Waals surface area contributed by atoms with E-state index in [0.717, 1.165) is 24.2 Å². The number of carbonyl (C=O) groups is 1. The third kappa shape index (κ3) is 1.76. The number of anilines is 1. The number of nitrogens with zero attached hydrogens (tertiary/aromatic N) is 1. The summed E-state index contributed by atoms with van der Waals surface area (Å²) in [6.45, 7) is 0.816. The van der Waals surface area contributed by atoms with Gasteiger partial charge in [-0.05, 0) is 18.1 Å². The van der Waals surface area contributed by atoms with Crippen molar-refractivity contribution in [3.05, 3.63) is 28.8 Å². The number of fused-ring (bicyclic) bond motifs is 1. The van der Waals surface area contributed by atoms with Gasteiger partial charge in [0, 0.05) is 13.6 Å². The zero-order chi connectivity index (χ0) is 11.7. The van der Waals surface area contributed by atoms with Gasteiger partial charge in [-0.25, -0.2) is 0 Å². The van der Waals surface area contributed by atoms with Gasteiger partial charge in [0.25, 0.3) is 0 Å². The lowest BCUT2D eigenvalue weighted by Gasteiger charge is -2.32. The van der Waals surface area contributed by atoms with Crippen LogP contribution in [-0.4, -0.2) is 26.7 Å². The highest BCUT2D eigenvalue weighted by molar-refractivity contribution is 6.33. The molecule has 1 atom stereocenters. The van der Waals surface area contributed by atoms with Gasteiger partial charge >= 0.3 is 5.97 Å². The monoisotopic (exact) mass is 239 g/mol. The molecule has 2 rings (SSSR count). The Kier molecular flexibility index (Phi) is 3.06. The second kappa shape index (κ2) is 4.34. The highest BCUT2D eigenvalue weighted by Crippen LogP contribution is 2.39. The fraction of sp³-hybridized carbons (Fsp3) is 0.417. The SMILES string of the molecule is COC(=O)C1CCN(C)c2c(Cl)cccc21. The van der Waals surface area contributed by atoms with Crippen molar-refractivity contribution in [2.75, 3.05) is 25.6 Å². The van der Waals surface area contributed by atoms with E-state index in [0.29, 0.717) is 5.02 Å². The summed E-state index contributed by atoms with van der Waals surface area (Å²) in [4.78, 5) is 13.7. The van der Waals surface area contributed by atoms with Crippen LogP contribution in [0.5, 0.6) is 0 Å². The Morgan fingerprint density at radius 3 is 3.00 bits per heavy atom. The van der Waals surface area contributed by atoms with E-state index < -0.39 is 0 Å². The number of ether oxygens (including phenoxy) is 1. The molecule has 0 aliphatic carbocycles. The summed E-state index contributed by atoms with van der Waals surface area (Å²) in [5, 5.41) is 0.689. The van der Waals surface area contributed by atoms with Crippen LogP contribution in [0.4, 0.5) is 5.69 Å². The quantitative estimate of drug-likeness (QED) is 0.705. The van der Waals surface area contributed by atoms with Crippen molar-refractivity contribution >= 4 is 23.3 Å². The molecule has 1 aliphatic rings. The largest absolute Gasteiger partial charge is 0.469 e. The van der Waals surface area contributed by atoms with E-state index >= 15 is 0 Å². The number of halogens is 1. The summed E-state index contributed by atoms with van der Waals surface area (Å²) in [5.41, 5.74) is 1.92. The average Bonchev–Trinajstić information content (AvgIpc) is 2.28. The standard InChI is InChI=1S/C12H14ClNO2/c1-14-7-6-9(12(15)16-2)8-4-3-5-10(13)11(8)14/h3-5,9H,6-7H2,1-2H3. The third-order valence-electron chi connectivity index (χ3n) is 3.01. The van der Waals surface area contributed by atoms with Crippen LogP contribution < -0.4 is 4.90 Å². The maximum atomic E-state index is 11.7. The molecule has 3 nitrogen and oxygen atoms in total. The highest BCUT2D eigenvalue weighted by Gasteiger charge is 2.30. The summed E-state index contributed by atoms with van der Waals surface area (Å²) in [6, 6.07) is 5.66. The molecule has 1 aromatic carbocycles. The molecule has 0 N–H and O–H groups in total. The molecule has 0 saturated carbocycles. The molecule has 0 bridgehead atoms. The van der Waals surface area contributed by atoms with Crippen molar-refractivity contribution in [3.63, 3.8) is 0 Å². The van der Waals surface area contributed by atoms with Gasteiger partial charge in [-0.3, -0.25) is 4.79 Å². The number of methoxy groups -OCH3 is 1. The Hall–Kier alpha value is -1.22. The number of hydrogen-bond acceptors (Lipinski definition) is 3. The van der Waals surface area contributed by atoms with Crippen LogP contribution in [0.25, 0.3) is 0 Å². The van der Waals surface area contributed by atoms with E-state index in [1.54, 1.807) is 0 Å². The van der Waals surface area contributed by atoms with Gasteiger partial charge in [0.1, 0.15) is 0 Å². The smallest absolute Gasteiger partial charge is 0.313 e. The van der Waals surface area contributed by atoms with Crippen LogP contribution in [0.15, 0.2) is 18.2 Å². The van der Waals surface area contributed by atoms with Crippen molar-refractivity contribution in [3.8, 4) is 0 Å². The first kappa shape index (κ1) is 11.3. The van der Waals surface area contributed by atoms with E-state index in [2.05, 4.69) is 4.90 Å². The Labute approximate surface area is 100.0 Å². The average molecular weight is 240 g/mol. The third-order valence-corrected chi connectivity index (χ3v) is 3.32. The predicted molar refractivity (Wildman–Crippen MR) is 64.1 cm³/mol. The molecule has 0 aromatic heterocycles. The molecule has 1 unspecified atom stereocenters. The lowest BCUT2D eigenvalue weighted by molar-refractivity contribution is -0.142. The Morgan fingerprint density at radius 2 is 2.31 bits per heavy atom. The summed E-state index contributed by atoms with van der Waals surface area (Å²) < 4.78 is 4.82. The second-order valence-electron chi connectivity index (χ2n) is 3.96. The fourth-order valence-electron chi connectivity index (χ4n) is 2.19. The van der Waals surface area contributed by atoms with Crippen molar-refractivity contribution in [2.45, 2.75) is 12.3 Å². The molecule has 4 heteroatoms. The predicted octanol–water partition coefficient (Wildman–Crippen LogP) is 2.44. The van der Waals surface area contributed by atoms with Gasteiger partial charge in [0.15, 0.2) is 0 Å². The molecule has 0 amide bonds. The molecule has 86 valence electrons. The fourth-order valence-corrected chi connectivity index (χ4v) is 2.52. The van der Waals surface area contributed by atoms with Gasteiger partial charge in [0.2, 0.25) is 0 Å². The lowest BCUT2D eigenvalue weighted by Crippen LogP contribution is -2.31. The summed E-state index contributed by atoms with van der Waals surface area (Å²) in [5.74, 6) is -0.369. The van der Waals surface area contributed by atoms with Crippen LogP contribution in [-0.2, 0) is 9.53 Å². The van der Waals surface area contributed by atoms with Gasteiger partial charge in [-0.2, -0.15) is 0 Å². The number of carbonyl (C=O) groups excluding carboxylic acids is 1. The molecule has 1 heterocycles. The van der Waals surface area contributed by atoms with E-state index in [1.807, 2.05) is 25.2 Å². The summed E-state index contributed by atoms with van der Waals surface area (Å²) >= 11 is 6.16. The molecule has 16 heavy (non-hydrogen) atoms. The van der Waals surface area contributed by atoms with E-state index in [-0.39, 0.29) is 11.9 Å². The molecular weight excluding hydrogens is 226 g/mol. The van der Waals surface area contributed by atoms with Crippen LogP contribution in [0.1, 0.15) is 17.9 Å². The Morgan fingerprint density at radius 1 is 1.56 bits per heavy atom. The number of benzene rings is 1. The Bertz CT molecular complexity index is 419. The molecule has 0 radical (unpaired) electrons. The van der Waals surface area contributed by atoms with Gasteiger partial charge < -0.3 is 9.64 Å². The van der Waals surface area contributed by atoms with Gasteiger partial charge in [-0.1, -0.05) is 23.7 Å². The summed E-state index contributed by atoms with van der Waals surface area (Å²) in [6.07, 6.45) is 0.774. The van der Waals surface area contributed by atoms with Crippen molar-refractivity contribution < 1.29 is 9.53 Å². The topological polar surface area (TPSA) is 29.5 Å². The maximum absolute atomic E-state index is 11.7. The first-order valence-electron chi connectivity index (χ1n) is 5.22. The van der Waals surface area contributed by atoms with Crippen LogP contribution in [0.2, 0.25) is 5.02 Å². The maximum Gasteiger partial charge on any atom is 0.313 e. The minimum Gasteiger partial charge on any atom is -0.469 e. The van der Waals surface area contributed by atoms with Crippen molar-refractivity contribution in [1.82, 2.24) is 0 Å². The zero-order valence-corrected chi connectivity index (χ0v) is 10.1. The van der Waals surface area contributed by atoms with Crippen LogP contribution in [0, 0.1) is 0 Å². The molecule has 1 aliphatic heterocycles. The minimum atomic E-state index is -0.185. The highest BCUT2D eigenvalue weighted by atomic mass is 35.5. The first-order valence-corrected chi connectivity index (χ1v) is 5.60. The normalized spacial score (nSPS) is 19.2. The molecule has 0 spiro atoms. The molecule has 0 fully saturated rings. The molecule has 0 saturated heterocycles. The second-order valence-corrected chi connectivity index (χ2v) is 4.37. The van der Waals surface area contributed by atoms with Gasteiger partial charge in [0.05, 0.1) is 23.7 Å². The van der Waals surface area contributed by atoms with Crippen molar-refractivity contribution in [1.29, 1.82) is 0 Å². The zero-order valence-electron chi connectivity index (χ0n) is 9.37. The number of rotatable bonds is 1. The van der Waals surface area contributed by atoms with Crippen LogP contribution >= 0.6 is 11.6 Å². The van der Waals surface area contributed by atoms with Crippen LogP contribution in [0.3, 0.4) is 0 Å². The minimum absolute atomic E-state index is 0.184. The number of hydrogen-bond donors (Lipinski definition) is 0. The van der Waals surface area contributed by atoms with Crippen molar-refractivity contribution in [2.24, 2.45) is 0 Å². The number of esters is 1. The van der Waals surface area contributed by atoms with E-state index in [9.17, 15) is 4.79 Å². The first-order chi connectivity index (χ1) is 7.65. The molecular formula is C12H14ClNO2. The van der Waals surface area contributed by atoms with E-state index in [4.69, 9.17) is 16.3 Å². The summed E-state index contributed by atoms with van der Waals surface area (Å²) in [7, 11) is 3.41. The van der Waals surface area contributed by atoms with E-state index in [1.165, 1.54) is 7.11 Å². The molecule has 1 aromatic rings. The lowest BCUT2D eigenvalue weighted by atomic mass is 9.90.